The quantitative estimate of drug-likeness (QED) is 0.816. The third-order valence-corrected chi connectivity index (χ3v) is 4.53. The van der Waals surface area contributed by atoms with Crippen molar-refractivity contribution in [3.63, 3.8) is 0 Å². The Morgan fingerprint density at radius 2 is 2.43 bits per heavy atom. The monoisotopic (exact) mass is 335 g/mol. The number of aryl methyl sites for hydroxylation is 1. The Morgan fingerprint density at radius 1 is 1.57 bits per heavy atom. The molecule has 2 aromatic heterocycles. The van der Waals surface area contributed by atoms with Crippen LogP contribution in [0.1, 0.15) is 5.56 Å². The van der Waals surface area contributed by atoms with E-state index in [1.165, 1.54) is 11.3 Å². The number of morpholine rings is 1. The molecule has 1 aliphatic rings. The van der Waals surface area contributed by atoms with Gasteiger partial charge in [-0.2, -0.15) is 5.10 Å². The molecule has 0 aromatic carbocycles. The highest BCUT2D eigenvalue weighted by Gasteiger charge is 2.26. The summed E-state index contributed by atoms with van der Waals surface area (Å²) in [6.07, 6.45) is 5.33. The van der Waals surface area contributed by atoms with Gasteiger partial charge in [-0.1, -0.05) is 0 Å². The molecule has 7 nitrogen and oxygen atoms in total. The maximum atomic E-state index is 12.7. The Bertz CT molecular complexity index is 642. The van der Waals surface area contributed by atoms with Crippen molar-refractivity contribution in [3.8, 4) is 0 Å². The number of carbonyl (C=O) groups is 1. The van der Waals surface area contributed by atoms with Crippen LogP contribution >= 0.6 is 11.3 Å². The summed E-state index contributed by atoms with van der Waals surface area (Å²) in [4.78, 5) is 21.0. The zero-order chi connectivity index (χ0) is 16.2. The van der Waals surface area contributed by atoms with Gasteiger partial charge in [0.25, 0.3) is 5.91 Å². The van der Waals surface area contributed by atoms with Gasteiger partial charge in [0.2, 0.25) is 0 Å². The second kappa shape index (κ2) is 7.20. The van der Waals surface area contributed by atoms with Crippen molar-refractivity contribution in [2.75, 3.05) is 38.2 Å². The molecule has 0 radical (unpaired) electrons. The van der Waals surface area contributed by atoms with E-state index >= 15 is 0 Å². The van der Waals surface area contributed by atoms with Crippen LogP contribution in [-0.4, -0.2) is 65.0 Å². The van der Waals surface area contributed by atoms with Crippen LogP contribution < -0.4 is 4.90 Å². The van der Waals surface area contributed by atoms with E-state index < -0.39 is 0 Å². The van der Waals surface area contributed by atoms with Gasteiger partial charge in [0.15, 0.2) is 5.13 Å². The smallest absolute Gasteiger partial charge is 0.250 e. The topological polar surface area (TPSA) is 63.5 Å². The summed E-state index contributed by atoms with van der Waals surface area (Å²) in [6.45, 7) is 5.11. The lowest BCUT2D eigenvalue weighted by atomic mass is 10.2. The molecule has 0 bridgehead atoms. The predicted octanol–water partition coefficient (Wildman–Crippen LogP) is 1.01. The van der Waals surface area contributed by atoms with Crippen LogP contribution in [0.15, 0.2) is 24.0 Å². The summed E-state index contributed by atoms with van der Waals surface area (Å²) in [5, 5.41) is 6.77. The van der Waals surface area contributed by atoms with Crippen LogP contribution in [-0.2, 0) is 16.1 Å². The molecule has 0 aliphatic carbocycles. The van der Waals surface area contributed by atoms with E-state index in [-0.39, 0.29) is 18.6 Å². The van der Waals surface area contributed by atoms with E-state index in [9.17, 15) is 4.79 Å². The lowest BCUT2D eigenvalue weighted by Crippen LogP contribution is -2.48. The van der Waals surface area contributed by atoms with Crippen LogP contribution in [0, 0.1) is 6.92 Å². The third-order valence-electron chi connectivity index (χ3n) is 3.74. The average Bonchev–Trinajstić information content (AvgIpc) is 3.17. The highest BCUT2D eigenvalue weighted by molar-refractivity contribution is 7.13. The zero-order valence-electron chi connectivity index (χ0n) is 13.4. The average molecular weight is 335 g/mol. The first kappa shape index (κ1) is 16.1. The summed E-state index contributed by atoms with van der Waals surface area (Å²) in [6, 6.07) is 0. The fourth-order valence-corrected chi connectivity index (χ4v) is 3.26. The first-order valence-electron chi connectivity index (χ1n) is 7.61. The van der Waals surface area contributed by atoms with Gasteiger partial charge in [-0.25, -0.2) is 4.98 Å². The highest BCUT2D eigenvalue weighted by atomic mass is 32.1. The number of carbonyl (C=O) groups excluding carboxylic acids is 1. The lowest BCUT2D eigenvalue weighted by molar-refractivity contribution is -0.120. The van der Waals surface area contributed by atoms with Gasteiger partial charge < -0.3 is 9.64 Å². The summed E-state index contributed by atoms with van der Waals surface area (Å²) < 4.78 is 7.46. The molecule has 0 saturated carbocycles. The van der Waals surface area contributed by atoms with Crippen LogP contribution in [0.3, 0.4) is 0 Å². The molecule has 124 valence electrons. The predicted molar refractivity (Wildman–Crippen MR) is 88.7 cm³/mol. The minimum Gasteiger partial charge on any atom is -0.374 e. The van der Waals surface area contributed by atoms with Crippen LogP contribution in [0.5, 0.6) is 0 Å². The number of thiazole rings is 1. The Hall–Kier alpha value is -1.77. The number of likely N-dealkylation sites (N-methyl/N-ethyl adjacent to an activating group) is 1. The molecule has 23 heavy (non-hydrogen) atoms. The van der Waals surface area contributed by atoms with Gasteiger partial charge in [0.05, 0.1) is 25.5 Å². The summed E-state index contributed by atoms with van der Waals surface area (Å²) in [7, 11) is 2.07. The molecule has 1 aliphatic heterocycles. The van der Waals surface area contributed by atoms with Gasteiger partial charge in [-0.05, 0) is 19.5 Å². The number of amides is 1. The lowest BCUT2D eigenvalue weighted by Gasteiger charge is -2.33. The summed E-state index contributed by atoms with van der Waals surface area (Å²) in [5.41, 5.74) is 1.04. The van der Waals surface area contributed by atoms with Gasteiger partial charge in [-0.3, -0.25) is 14.4 Å². The summed E-state index contributed by atoms with van der Waals surface area (Å²) in [5.74, 6) is -0.0279. The number of aromatic nitrogens is 3. The van der Waals surface area contributed by atoms with Gasteiger partial charge in [-0.15, -0.1) is 11.3 Å². The largest absolute Gasteiger partial charge is 0.374 e. The molecule has 1 fully saturated rings. The Labute approximate surface area is 139 Å². The van der Waals surface area contributed by atoms with Crippen molar-refractivity contribution in [3.05, 3.63) is 29.5 Å². The molecule has 1 atom stereocenters. The number of nitrogens with zero attached hydrogens (tertiary/aromatic N) is 5. The molecule has 0 spiro atoms. The fourth-order valence-electron chi connectivity index (χ4n) is 2.59. The van der Waals surface area contributed by atoms with Gasteiger partial charge in [0.1, 0.15) is 6.54 Å². The maximum Gasteiger partial charge on any atom is 0.250 e. The molecule has 3 rings (SSSR count). The molecule has 0 unspecified atom stereocenters. The van der Waals surface area contributed by atoms with E-state index in [0.29, 0.717) is 18.3 Å². The molecule has 1 amide bonds. The SMILES string of the molecule is Cc1cnn(CC(=O)N(C[C@@H]2CN(C)CCO2)c2nccs2)c1. The maximum absolute atomic E-state index is 12.7. The molecular formula is C15H21N5O2S. The van der Waals surface area contributed by atoms with Crippen LogP contribution in [0.25, 0.3) is 0 Å². The first-order chi connectivity index (χ1) is 11.1. The molecule has 0 N–H and O–H groups in total. The molecule has 3 heterocycles. The van der Waals surface area contributed by atoms with Gasteiger partial charge >= 0.3 is 0 Å². The molecular weight excluding hydrogens is 314 g/mol. The van der Waals surface area contributed by atoms with Crippen LogP contribution in [0.4, 0.5) is 5.13 Å². The minimum absolute atomic E-state index is 0.000887. The second-order valence-electron chi connectivity index (χ2n) is 5.79. The first-order valence-corrected chi connectivity index (χ1v) is 8.49. The molecule has 8 heteroatoms. The Morgan fingerprint density at radius 3 is 3.09 bits per heavy atom. The second-order valence-corrected chi connectivity index (χ2v) is 6.66. The van der Waals surface area contributed by atoms with Gasteiger partial charge in [0, 0.05) is 30.9 Å². The van der Waals surface area contributed by atoms with Crippen molar-refractivity contribution < 1.29 is 9.53 Å². The third kappa shape index (κ3) is 4.15. The van der Waals surface area contributed by atoms with Crippen molar-refractivity contribution in [2.45, 2.75) is 19.6 Å². The van der Waals surface area contributed by atoms with E-state index in [1.54, 1.807) is 22.0 Å². The Kier molecular flexibility index (Phi) is 5.04. The molecule has 1 saturated heterocycles. The number of hydrogen-bond acceptors (Lipinski definition) is 6. The van der Waals surface area contributed by atoms with Crippen molar-refractivity contribution >= 4 is 22.4 Å². The normalized spacial score (nSPS) is 19.0. The zero-order valence-corrected chi connectivity index (χ0v) is 14.2. The van der Waals surface area contributed by atoms with Crippen LogP contribution in [0.2, 0.25) is 0 Å². The Balaban J connectivity index is 1.71. The standard InChI is InChI=1S/C15H21N5O2S/c1-12-7-17-19(8-12)11-14(21)20(15-16-3-6-23-15)10-13-9-18(2)4-5-22-13/h3,6-8,13H,4-5,9-11H2,1-2H3/t13-/m0/s1. The highest BCUT2D eigenvalue weighted by Crippen LogP contribution is 2.19. The van der Waals surface area contributed by atoms with E-state index in [4.69, 9.17) is 4.74 Å². The number of rotatable bonds is 5. The number of ether oxygens (including phenoxy) is 1. The number of hydrogen-bond donors (Lipinski definition) is 0. The molecule has 2 aromatic rings. The number of anilines is 1. The van der Waals surface area contributed by atoms with Crippen molar-refractivity contribution in [2.24, 2.45) is 0 Å². The van der Waals surface area contributed by atoms with E-state index in [0.717, 1.165) is 18.7 Å². The van der Waals surface area contributed by atoms with E-state index in [2.05, 4.69) is 22.0 Å². The fraction of sp³-hybridized carbons (Fsp3) is 0.533. The minimum atomic E-state index is -0.0279. The van der Waals surface area contributed by atoms with Crippen molar-refractivity contribution in [1.82, 2.24) is 19.7 Å². The summed E-state index contributed by atoms with van der Waals surface area (Å²) >= 11 is 1.46. The van der Waals surface area contributed by atoms with E-state index in [1.807, 2.05) is 18.5 Å². The van der Waals surface area contributed by atoms with Crippen molar-refractivity contribution in [1.29, 1.82) is 0 Å².